The molecule has 2 atom stereocenters. The molecule has 0 aromatic heterocycles. The van der Waals surface area contributed by atoms with Gasteiger partial charge in [0.25, 0.3) is 0 Å². The fraction of sp³-hybridized carbons (Fsp3) is 0.562. The predicted molar refractivity (Wildman–Crippen MR) is 81.0 cm³/mol. The van der Waals surface area contributed by atoms with E-state index in [9.17, 15) is 4.79 Å². The Hall–Kier alpha value is -1.59. The van der Waals surface area contributed by atoms with Crippen LogP contribution < -0.4 is 10.5 Å². The molecule has 0 bridgehead atoms. The minimum Gasteiger partial charge on any atom is -0.497 e. The molecule has 0 spiro atoms. The van der Waals surface area contributed by atoms with E-state index in [4.69, 9.17) is 10.5 Å². The molecular weight excluding hydrogens is 268 g/mol. The topological polar surface area (TPSA) is 64.8 Å². The van der Waals surface area contributed by atoms with Crippen molar-refractivity contribution in [3.05, 3.63) is 29.8 Å². The molecule has 0 amide bonds. The highest BCUT2D eigenvalue weighted by Gasteiger charge is 2.26. The van der Waals surface area contributed by atoms with Gasteiger partial charge in [0.1, 0.15) is 11.8 Å². The molecule has 1 aliphatic rings. The number of hydrogen-bond donors (Lipinski definition) is 1. The van der Waals surface area contributed by atoms with Crippen molar-refractivity contribution in [2.75, 3.05) is 27.3 Å². The number of likely N-dealkylation sites (tertiary alicyclic amines) is 1. The number of rotatable bonds is 6. The van der Waals surface area contributed by atoms with E-state index < -0.39 is 6.04 Å². The molecule has 2 N–H and O–H groups in total. The number of carbonyl (C=O) groups excluding carboxylic acids is 1. The van der Waals surface area contributed by atoms with Gasteiger partial charge in [0.2, 0.25) is 0 Å². The van der Waals surface area contributed by atoms with Crippen LogP contribution in [0.2, 0.25) is 0 Å². The van der Waals surface area contributed by atoms with Gasteiger partial charge in [-0.3, -0.25) is 9.69 Å². The average Bonchev–Trinajstić information content (AvgIpc) is 2.93. The minimum atomic E-state index is -0.503. The zero-order chi connectivity index (χ0) is 15.2. The first kappa shape index (κ1) is 15.8. The highest BCUT2D eigenvalue weighted by Crippen LogP contribution is 2.23. The van der Waals surface area contributed by atoms with Crippen molar-refractivity contribution < 1.29 is 14.3 Å². The van der Waals surface area contributed by atoms with Gasteiger partial charge in [-0.25, -0.2) is 0 Å². The molecule has 1 aliphatic heterocycles. The summed E-state index contributed by atoms with van der Waals surface area (Å²) in [4.78, 5) is 13.8. The van der Waals surface area contributed by atoms with Crippen molar-refractivity contribution in [3.8, 4) is 5.75 Å². The molecule has 1 heterocycles. The summed E-state index contributed by atoms with van der Waals surface area (Å²) in [5, 5.41) is 0. The van der Waals surface area contributed by atoms with E-state index >= 15 is 0 Å². The first-order valence-electron chi connectivity index (χ1n) is 7.31. The second kappa shape index (κ2) is 7.43. The van der Waals surface area contributed by atoms with Crippen molar-refractivity contribution in [3.63, 3.8) is 0 Å². The van der Waals surface area contributed by atoms with E-state index in [0.29, 0.717) is 12.3 Å². The first-order chi connectivity index (χ1) is 10.1. The fourth-order valence-electron chi connectivity index (χ4n) is 2.88. The third-order valence-electron chi connectivity index (χ3n) is 4.00. The quantitative estimate of drug-likeness (QED) is 0.803. The lowest BCUT2D eigenvalue weighted by Gasteiger charge is -2.18. The van der Waals surface area contributed by atoms with Crippen molar-refractivity contribution in [2.24, 2.45) is 11.7 Å². The van der Waals surface area contributed by atoms with Gasteiger partial charge < -0.3 is 15.2 Å². The van der Waals surface area contributed by atoms with Gasteiger partial charge >= 0.3 is 5.97 Å². The van der Waals surface area contributed by atoms with Gasteiger partial charge in [-0.2, -0.15) is 0 Å². The molecule has 1 fully saturated rings. The summed E-state index contributed by atoms with van der Waals surface area (Å²) in [7, 11) is 3.06. The monoisotopic (exact) mass is 292 g/mol. The number of esters is 1. The summed E-state index contributed by atoms with van der Waals surface area (Å²) >= 11 is 0. The van der Waals surface area contributed by atoms with Crippen LogP contribution in [0, 0.1) is 5.92 Å². The van der Waals surface area contributed by atoms with Crippen LogP contribution in [0.4, 0.5) is 0 Å². The third kappa shape index (κ3) is 4.44. The number of nitrogens with zero attached hydrogens (tertiary/aromatic N) is 1. The zero-order valence-electron chi connectivity index (χ0n) is 12.7. The molecule has 1 aromatic rings. The molecule has 5 heteroatoms. The first-order valence-corrected chi connectivity index (χ1v) is 7.31. The maximum Gasteiger partial charge on any atom is 0.322 e. The van der Waals surface area contributed by atoms with Crippen LogP contribution in [-0.2, 0) is 16.1 Å². The molecular formula is C16H24N2O3. The van der Waals surface area contributed by atoms with E-state index in [2.05, 4.69) is 21.8 Å². The van der Waals surface area contributed by atoms with Gasteiger partial charge in [0, 0.05) is 13.1 Å². The number of methoxy groups -OCH3 is 2. The molecule has 116 valence electrons. The third-order valence-corrected chi connectivity index (χ3v) is 4.00. The Balaban J connectivity index is 1.83. The SMILES string of the molecule is COC(=O)C(N)CC1CCN(Cc2cccc(OC)c2)C1. The average molecular weight is 292 g/mol. The van der Waals surface area contributed by atoms with E-state index in [0.717, 1.165) is 31.8 Å². The summed E-state index contributed by atoms with van der Waals surface area (Å²) in [5.41, 5.74) is 7.08. The van der Waals surface area contributed by atoms with Gasteiger partial charge in [0.05, 0.1) is 14.2 Å². The summed E-state index contributed by atoms with van der Waals surface area (Å²) in [5.74, 6) is 1.03. The van der Waals surface area contributed by atoms with E-state index in [1.54, 1.807) is 7.11 Å². The lowest BCUT2D eigenvalue weighted by molar-refractivity contribution is -0.142. The summed E-state index contributed by atoms with van der Waals surface area (Å²) in [6.07, 6.45) is 1.77. The van der Waals surface area contributed by atoms with Crippen molar-refractivity contribution in [1.82, 2.24) is 4.90 Å². The maximum atomic E-state index is 11.4. The van der Waals surface area contributed by atoms with Crippen molar-refractivity contribution >= 4 is 5.97 Å². The van der Waals surface area contributed by atoms with Crippen molar-refractivity contribution in [1.29, 1.82) is 0 Å². The zero-order valence-corrected chi connectivity index (χ0v) is 12.7. The van der Waals surface area contributed by atoms with Crippen LogP contribution in [0.25, 0.3) is 0 Å². The Morgan fingerprint density at radius 2 is 2.29 bits per heavy atom. The molecule has 0 radical (unpaired) electrons. The number of nitrogens with two attached hydrogens (primary N) is 1. The molecule has 1 saturated heterocycles. The molecule has 0 saturated carbocycles. The normalized spacial score (nSPS) is 20.2. The Labute approximate surface area is 126 Å². The van der Waals surface area contributed by atoms with Gasteiger partial charge in [0.15, 0.2) is 0 Å². The highest BCUT2D eigenvalue weighted by molar-refractivity contribution is 5.75. The number of hydrogen-bond acceptors (Lipinski definition) is 5. The minimum absolute atomic E-state index is 0.318. The molecule has 0 aliphatic carbocycles. The van der Waals surface area contributed by atoms with E-state index in [1.165, 1.54) is 12.7 Å². The van der Waals surface area contributed by atoms with E-state index in [1.807, 2.05) is 12.1 Å². The Kier molecular flexibility index (Phi) is 5.59. The highest BCUT2D eigenvalue weighted by atomic mass is 16.5. The second-order valence-corrected chi connectivity index (χ2v) is 5.61. The summed E-state index contributed by atoms with van der Waals surface area (Å²) in [6, 6.07) is 7.63. The standard InChI is InChI=1S/C16H24N2O3/c1-20-14-5-3-4-12(8-14)10-18-7-6-13(11-18)9-15(17)16(19)21-2/h3-5,8,13,15H,6-7,9-11,17H2,1-2H3. The smallest absolute Gasteiger partial charge is 0.322 e. The Morgan fingerprint density at radius 3 is 3.00 bits per heavy atom. The molecule has 5 nitrogen and oxygen atoms in total. The summed E-state index contributed by atoms with van der Waals surface area (Å²) in [6.45, 7) is 2.92. The van der Waals surface area contributed by atoms with Gasteiger partial charge in [-0.15, -0.1) is 0 Å². The van der Waals surface area contributed by atoms with Crippen LogP contribution in [0.1, 0.15) is 18.4 Å². The van der Waals surface area contributed by atoms with E-state index in [-0.39, 0.29) is 5.97 Å². The molecule has 1 aromatic carbocycles. The second-order valence-electron chi connectivity index (χ2n) is 5.61. The van der Waals surface area contributed by atoms with Crippen LogP contribution in [0.5, 0.6) is 5.75 Å². The lowest BCUT2D eigenvalue weighted by Crippen LogP contribution is -2.34. The number of benzene rings is 1. The van der Waals surface area contributed by atoms with Crippen LogP contribution >= 0.6 is 0 Å². The number of ether oxygens (including phenoxy) is 2. The molecule has 2 rings (SSSR count). The van der Waals surface area contributed by atoms with Crippen LogP contribution in [-0.4, -0.2) is 44.2 Å². The van der Waals surface area contributed by atoms with Crippen molar-refractivity contribution in [2.45, 2.75) is 25.4 Å². The van der Waals surface area contributed by atoms with Gasteiger partial charge in [-0.1, -0.05) is 12.1 Å². The van der Waals surface area contributed by atoms with Crippen LogP contribution in [0.15, 0.2) is 24.3 Å². The molecule has 21 heavy (non-hydrogen) atoms. The Bertz CT molecular complexity index is 478. The van der Waals surface area contributed by atoms with Crippen LogP contribution in [0.3, 0.4) is 0 Å². The Morgan fingerprint density at radius 1 is 1.48 bits per heavy atom. The predicted octanol–water partition coefficient (Wildman–Crippen LogP) is 1.41. The van der Waals surface area contributed by atoms with Gasteiger partial charge in [-0.05, 0) is 43.0 Å². The molecule has 2 unspecified atom stereocenters. The maximum absolute atomic E-state index is 11.4. The summed E-state index contributed by atoms with van der Waals surface area (Å²) < 4.78 is 9.92. The number of carbonyl (C=O) groups is 1. The fourth-order valence-corrected chi connectivity index (χ4v) is 2.88. The largest absolute Gasteiger partial charge is 0.497 e. The lowest BCUT2D eigenvalue weighted by atomic mass is 10.00.